The molecule has 1 aliphatic rings. The van der Waals surface area contributed by atoms with E-state index in [1.165, 1.54) is 0 Å². The Morgan fingerprint density at radius 2 is 1.79 bits per heavy atom. The molecule has 0 saturated heterocycles. The highest BCUT2D eigenvalue weighted by atomic mass is 16.2. The van der Waals surface area contributed by atoms with E-state index in [4.69, 9.17) is 5.73 Å². The zero-order valence-electron chi connectivity index (χ0n) is 16.3. The van der Waals surface area contributed by atoms with Gasteiger partial charge < -0.3 is 10.6 Å². The van der Waals surface area contributed by atoms with Crippen LogP contribution in [-0.2, 0) is 17.8 Å². The fourth-order valence-electron chi connectivity index (χ4n) is 4.11. The maximum Gasteiger partial charge on any atom is 0.256 e. The van der Waals surface area contributed by atoms with Crippen molar-refractivity contribution in [3.05, 3.63) is 76.0 Å². The number of fused-ring (bicyclic) bond motifs is 2. The van der Waals surface area contributed by atoms with Crippen molar-refractivity contribution in [1.82, 2.24) is 9.88 Å². The van der Waals surface area contributed by atoms with Crippen molar-refractivity contribution in [1.29, 1.82) is 0 Å². The van der Waals surface area contributed by atoms with Crippen LogP contribution >= 0.6 is 0 Å². The van der Waals surface area contributed by atoms with Gasteiger partial charge in [0, 0.05) is 18.4 Å². The van der Waals surface area contributed by atoms with Crippen LogP contribution in [0.2, 0.25) is 0 Å². The Morgan fingerprint density at radius 3 is 2.50 bits per heavy atom. The topological polar surface area (TPSA) is 76.3 Å². The van der Waals surface area contributed by atoms with E-state index < -0.39 is 11.9 Å². The highest BCUT2D eigenvalue weighted by Crippen LogP contribution is 2.27. The Balaban J connectivity index is 1.79. The van der Waals surface area contributed by atoms with Gasteiger partial charge in [0.25, 0.3) is 5.91 Å². The number of hydrogen-bond acceptors (Lipinski definition) is 3. The average molecular weight is 373 g/mol. The van der Waals surface area contributed by atoms with Gasteiger partial charge in [0.15, 0.2) is 0 Å². The summed E-state index contributed by atoms with van der Waals surface area (Å²) in [4.78, 5) is 31.8. The van der Waals surface area contributed by atoms with Crippen molar-refractivity contribution in [2.24, 2.45) is 5.73 Å². The monoisotopic (exact) mass is 373 g/mol. The number of aromatic nitrogens is 1. The molecule has 2 heterocycles. The second-order valence-corrected chi connectivity index (χ2v) is 7.60. The summed E-state index contributed by atoms with van der Waals surface area (Å²) in [7, 11) is 0. The van der Waals surface area contributed by atoms with E-state index in [-0.39, 0.29) is 5.91 Å². The molecule has 5 heteroatoms. The van der Waals surface area contributed by atoms with Crippen LogP contribution in [0.1, 0.15) is 38.3 Å². The van der Waals surface area contributed by atoms with Crippen molar-refractivity contribution >= 4 is 22.7 Å². The summed E-state index contributed by atoms with van der Waals surface area (Å²) in [5.41, 5.74) is 12.0. The van der Waals surface area contributed by atoms with Crippen LogP contribution in [0.5, 0.6) is 0 Å². The molecule has 0 radical (unpaired) electrons. The number of aryl methyl sites for hydroxylation is 3. The summed E-state index contributed by atoms with van der Waals surface area (Å²) in [6, 6.07) is 13.2. The molecule has 0 fully saturated rings. The standard InChI is InChI=1S/C23H23N3O2/c1-13-8-14(2)21-18(9-13)10-19(15(3)25-21)23(28)26-12-17-7-5-4-6-16(17)11-20(26)22(24)27/h4-10,20H,11-12H2,1-3H3,(H2,24,27)/t20-/m1/s1. The number of nitrogens with two attached hydrogens (primary N) is 1. The number of hydrogen-bond donors (Lipinski definition) is 1. The van der Waals surface area contributed by atoms with Crippen LogP contribution in [0.15, 0.2) is 42.5 Å². The lowest BCUT2D eigenvalue weighted by Crippen LogP contribution is -2.51. The molecule has 0 spiro atoms. The van der Waals surface area contributed by atoms with Crippen molar-refractivity contribution < 1.29 is 9.59 Å². The molecule has 3 aromatic rings. The molecular formula is C23H23N3O2. The summed E-state index contributed by atoms with van der Waals surface area (Å²) >= 11 is 0. The number of carbonyl (C=O) groups is 2. The molecule has 2 amide bonds. The van der Waals surface area contributed by atoms with Crippen LogP contribution in [-0.4, -0.2) is 27.7 Å². The minimum absolute atomic E-state index is 0.204. The normalized spacial score (nSPS) is 16.1. The Hall–Kier alpha value is -3.21. The fraction of sp³-hybridized carbons (Fsp3) is 0.261. The van der Waals surface area contributed by atoms with Gasteiger partial charge in [0.1, 0.15) is 6.04 Å². The van der Waals surface area contributed by atoms with E-state index >= 15 is 0 Å². The summed E-state index contributed by atoms with van der Waals surface area (Å²) in [6.45, 7) is 6.25. The van der Waals surface area contributed by atoms with Gasteiger partial charge in [-0.25, -0.2) is 0 Å². The predicted molar refractivity (Wildman–Crippen MR) is 109 cm³/mol. The van der Waals surface area contributed by atoms with Gasteiger partial charge in [-0.15, -0.1) is 0 Å². The molecule has 2 N–H and O–H groups in total. The quantitative estimate of drug-likeness (QED) is 0.749. The molecule has 0 saturated carbocycles. The number of nitrogens with zero attached hydrogens (tertiary/aromatic N) is 2. The molecule has 0 bridgehead atoms. The minimum atomic E-state index is -0.656. The molecule has 0 unspecified atom stereocenters. The van der Waals surface area contributed by atoms with Crippen molar-refractivity contribution in [2.45, 2.75) is 39.8 Å². The van der Waals surface area contributed by atoms with E-state index in [1.807, 2.05) is 57.2 Å². The van der Waals surface area contributed by atoms with Crippen LogP contribution in [0.25, 0.3) is 10.9 Å². The molecule has 1 aromatic heterocycles. The van der Waals surface area contributed by atoms with E-state index in [1.54, 1.807) is 4.90 Å². The molecule has 1 aliphatic heterocycles. The molecular weight excluding hydrogens is 350 g/mol. The SMILES string of the molecule is Cc1cc(C)c2nc(C)c(C(=O)N3Cc4ccccc4C[C@@H]3C(N)=O)cc2c1. The molecule has 1 atom stereocenters. The Kier molecular flexibility index (Phi) is 4.38. The first-order valence-electron chi connectivity index (χ1n) is 9.41. The van der Waals surface area contributed by atoms with E-state index in [0.29, 0.717) is 24.2 Å². The molecule has 5 nitrogen and oxygen atoms in total. The largest absolute Gasteiger partial charge is 0.368 e. The van der Waals surface area contributed by atoms with Gasteiger partial charge in [0.2, 0.25) is 5.91 Å². The maximum atomic E-state index is 13.4. The van der Waals surface area contributed by atoms with E-state index in [0.717, 1.165) is 33.2 Å². The lowest BCUT2D eigenvalue weighted by molar-refractivity contribution is -0.122. The summed E-state index contributed by atoms with van der Waals surface area (Å²) < 4.78 is 0. The highest BCUT2D eigenvalue weighted by Gasteiger charge is 2.34. The van der Waals surface area contributed by atoms with E-state index in [2.05, 4.69) is 11.1 Å². The number of primary amides is 1. The van der Waals surface area contributed by atoms with Crippen molar-refractivity contribution in [3.8, 4) is 0 Å². The van der Waals surface area contributed by atoms with Gasteiger partial charge in [0.05, 0.1) is 16.8 Å². The summed E-state index contributed by atoms with van der Waals surface area (Å²) in [5.74, 6) is -0.690. The third-order valence-electron chi connectivity index (χ3n) is 5.51. The number of pyridine rings is 1. The fourth-order valence-corrected chi connectivity index (χ4v) is 4.11. The zero-order chi connectivity index (χ0) is 20.0. The van der Waals surface area contributed by atoms with Crippen LogP contribution < -0.4 is 5.73 Å². The third-order valence-corrected chi connectivity index (χ3v) is 5.51. The molecule has 28 heavy (non-hydrogen) atoms. The van der Waals surface area contributed by atoms with Crippen molar-refractivity contribution in [3.63, 3.8) is 0 Å². The molecule has 0 aliphatic carbocycles. The first-order chi connectivity index (χ1) is 13.3. The van der Waals surface area contributed by atoms with Gasteiger partial charge in [-0.2, -0.15) is 0 Å². The number of carbonyl (C=O) groups excluding carboxylic acids is 2. The summed E-state index contributed by atoms with van der Waals surface area (Å²) in [6.07, 6.45) is 0.440. The molecule has 4 rings (SSSR count). The average Bonchev–Trinajstić information content (AvgIpc) is 2.66. The second kappa shape index (κ2) is 6.75. The molecule has 142 valence electrons. The van der Waals surface area contributed by atoms with Crippen molar-refractivity contribution in [2.75, 3.05) is 0 Å². The Morgan fingerprint density at radius 1 is 1.07 bits per heavy atom. The third kappa shape index (κ3) is 3.03. The molecule has 2 aromatic carbocycles. The predicted octanol–water partition coefficient (Wildman–Crippen LogP) is 3.21. The van der Waals surface area contributed by atoms with Crippen LogP contribution in [0.4, 0.5) is 0 Å². The first-order valence-corrected chi connectivity index (χ1v) is 9.41. The number of benzene rings is 2. The van der Waals surface area contributed by atoms with Gasteiger partial charge in [-0.05, 0) is 49.6 Å². The highest BCUT2D eigenvalue weighted by molar-refractivity contribution is 6.01. The maximum absolute atomic E-state index is 13.4. The zero-order valence-corrected chi connectivity index (χ0v) is 16.3. The number of amides is 2. The summed E-state index contributed by atoms with van der Waals surface area (Å²) in [5, 5.41) is 0.930. The smallest absolute Gasteiger partial charge is 0.256 e. The Bertz CT molecular complexity index is 1120. The Labute approximate surface area is 164 Å². The van der Waals surface area contributed by atoms with Gasteiger partial charge in [-0.1, -0.05) is 35.9 Å². The lowest BCUT2D eigenvalue weighted by atomic mass is 9.92. The minimum Gasteiger partial charge on any atom is -0.368 e. The first kappa shape index (κ1) is 18.2. The number of rotatable bonds is 2. The van der Waals surface area contributed by atoms with Gasteiger partial charge in [-0.3, -0.25) is 14.6 Å². The lowest BCUT2D eigenvalue weighted by Gasteiger charge is -2.35. The van der Waals surface area contributed by atoms with Crippen LogP contribution in [0.3, 0.4) is 0 Å². The van der Waals surface area contributed by atoms with E-state index in [9.17, 15) is 9.59 Å². The van der Waals surface area contributed by atoms with Gasteiger partial charge >= 0.3 is 0 Å². The second-order valence-electron chi connectivity index (χ2n) is 7.60. The van der Waals surface area contributed by atoms with Crippen LogP contribution in [0, 0.1) is 20.8 Å².